The zero-order valence-electron chi connectivity index (χ0n) is 12.8. The third-order valence-corrected chi connectivity index (χ3v) is 3.94. The Labute approximate surface area is 132 Å². The third kappa shape index (κ3) is 4.82. The van der Waals surface area contributed by atoms with Gasteiger partial charge in [0.1, 0.15) is 5.82 Å². The predicted molar refractivity (Wildman–Crippen MR) is 91.0 cm³/mol. The molecule has 1 aromatic rings. The zero-order chi connectivity index (χ0) is 15.1. The molecule has 0 spiro atoms. The molecule has 21 heavy (non-hydrogen) atoms. The maximum absolute atomic E-state index is 5.21. The van der Waals surface area contributed by atoms with Crippen LogP contribution in [0.2, 0.25) is 0 Å². The molecule has 0 saturated carbocycles. The average Bonchev–Trinajstić information content (AvgIpc) is 2.49. The van der Waals surface area contributed by atoms with E-state index in [-0.39, 0.29) is 0 Å². The molecule has 1 atom stereocenters. The number of thiocarbonyl (C=S) groups is 1. The fourth-order valence-electron chi connectivity index (χ4n) is 2.51. The van der Waals surface area contributed by atoms with Gasteiger partial charge in [0, 0.05) is 26.2 Å². The van der Waals surface area contributed by atoms with E-state index in [1.807, 2.05) is 12.3 Å². The highest BCUT2D eigenvalue weighted by Crippen LogP contribution is 2.23. The van der Waals surface area contributed by atoms with Crippen molar-refractivity contribution in [2.24, 2.45) is 0 Å². The van der Waals surface area contributed by atoms with Crippen LogP contribution in [-0.4, -0.2) is 42.9 Å². The number of hydrogen-bond donors (Lipinski definition) is 2. The van der Waals surface area contributed by atoms with Crippen LogP contribution in [0.4, 0.5) is 11.5 Å². The van der Waals surface area contributed by atoms with Gasteiger partial charge in [-0.3, -0.25) is 0 Å². The lowest BCUT2D eigenvalue weighted by Crippen LogP contribution is -2.38. The van der Waals surface area contributed by atoms with Crippen LogP contribution >= 0.6 is 12.2 Å². The molecule has 0 amide bonds. The molecular formula is C15H24N4OS. The highest BCUT2D eigenvalue weighted by Gasteiger charge is 2.19. The van der Waals surface area contributed by atoms with E-state index in [1.54, 1.807) is 7.11 Å². The standard InChI is InChI=1S/C15H24N4OS/c1-12-5-3-4-9-19(12)14-7-6-13(11-17-14)18-15(21)16-8-10-20-2/h6-7,11-12H,3-5,8-10H2,1-2H3,(H2,16,18,21). The van der Waals surface area contributed by atoms with Gasteiger partial charge >= 0.3 is 0 Å². The van der Waals surface area contributed by atoms with Crippen LogP contribution in [0.3, 0.4) is 0 Å². The molecule has 1 unspecified atom stereocenters. The summed E-state index contributed by atoms with van der Waals surface area (Å²) in [6, 6.07) is 4.65. The van der Waals surface area contributed by atoms with E-state index in [1.165, 1.54) is 19.3 Å². The van der Waals surface area contributed by atoms with Gasteiger partial charge in [-0.1, -0.05) is 0 Å². The highest BCUT2D eigenvalue weighted by molar-refractivity contribution is 7.80. The molecule has 1 saturated heterocycles. The van der Waals surface area contributed by atoms with Gasteiger partial charge in [-0.05, 0) is 50.5 Å². The van der Waals surface area contributed by atoms with Gasteiger partial charge in [0.05, 0.1) is 18.5 Å². The highest BCUT2D eigenvalue weighted by atomic mass is 32.1. The molecule has 2 N–H and O–H groups in total. The lowest BCUT2D eigenvalue weighted by molar-refractivity contribution is 0.204. The Kier molecular flexibility index (Phi) is 6.20. The Morgan fingerprint density at radius 2 is 2.33 bits per heavy atom. The summed E-state index contributed by atoms with van der Waals surface area (Å²) in [4.78, 5) is 6.93. The summed E-state index contributed by atoms with van der Waals surface area (Å²) in [6.45, 7) is 4.69. The summed E-state index contributed by atoms with van der Waals surface area (Å²) >= 11 is 5.21. The van der Waals surface area contributed by atoms with Crippen molar-refractivity contribution < 1.29 is 4.74 Å². The molecule has 116 valence electrons. The van der Waals surface area contributed by atoms with Crippen molar-refractivity contribution in [2.75, 3.05) is 37.0 Å². The van der Waals surface area contributed by atoms with Crippen LogP contribution in [0, 0.1) is 0 Å². The van der Waals surface area contributed by atoms with Crippen molar-refractivity contribution in [3.05, 3.63) is 18.3 Å². The Morgan fingerprint density at radius 1 is 1.48 bits per heavy atom. The Bertz CT molecular complexity index is 451. The molecule has 1 fully saturated rings. The van der Waals surface area contributed by atoms with E-state index < -0.39 is 0 Å². The Morgan fingerprint density at radius 3 is 3.00 bits per heavy atom. The zero-order valence-corrected chi connectivity index (χ0v) is 13.6. The molecule has 2 rings (SSSR count). The first-order chi connectivity index (χ1) is 10.2. The smallest absolute Gasteiger partial charge is 0.170 e. The Hall–Kier alpha value is -1.40. The van der Waals surface area contributed by atoms with Crippen LogP contribution in [0.1, 0.15) is 26.2 Å². The fourth-order valence-corrected chi connectivity index (χ4v) is 2.73. The maximum Gasteiger partial charge on any atom is 0.170 e. The number of methoxy groups -OCH3 is 1. The summed E-state index contributed by atoms with van der Waals surface area (Å²) in [5.74, 6) is 1.05. The number of hydrogen-bond acceptors (Lipinski definition) is 4. The summed E-state index contributed by atoms with van der Waals surface area (Å²) in [5, 5.41) is 6.79. The topological polar surface area (TPSA) is 49.4 Å². The van der Waals surface area contributed by atoms with Crippen molar-refractivity contribution in [1.29, 1.82) is 0 Å². The van der Waals surface area contributed by atoms with Crippen molar-refractivity contribution in [3.8, 4) is 0 Å². The van der Waals surface area contributed by atoms with Crippen molar-refractivity contribution in [2.45, 2.75) is 32.2 Å². The van der Waals surface area contributed by atoms with Crippen molar-refractivity contribution >= 4 is 28.8 Å². The van der Waals surface area contributed by atoms with Crippen LogP contribution in [0.5, 0.6) is 0 Å². The second-order valence-corrected chi connectivity index (χ2v) is 5.73. The molecule has 6 heteroatoms. The first-order valence-electron chi connectivity index (χ1n) is 7.47. The molecule has 1 aliphatic rings. The van der Waals surface area contributed by atoms with Crippen molar-refractivity contribution in [1.82, 2.24) is 10.3 Å². The summed E-state index contributed by atoms with van der Waals surface area (Å²) < 4.78 is 4.97. The first kappa shape index (κ1) is 16.0. The lowest BCUT2D eigenvalue weighted by Gasteiger charge is -2.34. The first-order valence-corrected chi connectivity index (χ1v) is 7.88. The van der Waals surface area contributed by atoms with Crippen LogP contribution in [-0.2, 0) is 4.74 Å². The molecular weight excluding hydrogens is 284 g/mol. The minimum absolute atomic E-state index is 0.571. The van der Waals surface area contributed by atoms with E-state index in [0.717, 1.165) is 18.1 Å². The second kappa shape index (κ2) is 8.14. The summed E-state index contributed by atoms with van der Waals surface area (Å²) in [6.07, 6.45) is 5.65. The normalized spacial score (nSPS) is 18.4. The number of piperidine rings is 1. The van der Waals surface area contributed by atoms with E-state index >= 15 is 0 Å². The molecule has 1 aromatic heterocycles. The molecule has 0 radical (unpaired) electrons. The van der Waals surface area contributed by atoms with Gasteiger partial charge in [0.15, 0.2) is 5.11 Å². The average molecular weight is 308 g/mol. The van der Waals surface area contributed by atoms with Crippen molar-refractivity contribution in [3.63, 3.8) is 0 Å². The number of aromatic nitrogens is 1. The number of anilines is 2. The van der Waals surface area contributed by atoms with Gasteiger partial charge in [-0.15, -0.1) is 0 Å². The monoisotopic (exact) mass is 308 g/mol. The number of pyridine rings is 1. The van der Waals surface area contributed by atoms with Crippen LogP contribution in [0.15, 0.2) is 18.3 Å². The SMILES string of the molecule is COCCNC(=S)Nc1ccc(N2CCCCC2C)nc1. The largest absolute Gasteiger partial charge is 0.383 e. The Balaban J connectivity index is 1.88. The third-order valence-electron chi connectivity index (χ3n) is 3.69. The lowest BCUT2D eigenvalue weighted by atomic mass is 10.0. The fraction of sp³-hybridized carbons (Fsp3) is 0.600. The van der Waals surface area contributed by atoms with E-state index in [4.69, 9.17) is 17.0 Å². The van der Waals surface area contributed by atoms with Gasteiger partial charge < -0.3 is 20.3 Å². The minimum atomic E-state index is 0.571. The molecule has 0 aromatic carbocycles. The van der Waals surface area contributed by atoms with E-state index in [0.29, 0.717) is 24.3 Å². The molecule has 0 aliphatic carbocycles. The van der Waals surface area contributed by atoms with Gasteiger partial charge in [0.2, 0.25) is 0 Å². The van der Waals surface area contributed by atoms with Gasteiger partial charge in [0.25, 0.3) is 0 Å². The van der Waals surface area contributed by atoms with Gasteiger partial charge in [-0.25, -0.2) is 4.98 Å². The molecule has 5 nitrogen and oxygen atoms in total. The minimum Gasteiger partial charge on any atom is -0.383 e. The molecule has 2 heterocycles. The molecule has 0 bridgehead atoms. The van der Waals surface area contributed by atoms with Gasteiger partial charge in [-0.2, -0.15) is 0 Å². The summed E-state index contributed by atoms with van der Waals surface area (Å²) in [7, 11) is 1.67. The number of nitrogens with zero attached hydrogens (tertiary/aromatic N) is 2. The second-order valence-electron chi connectivity index (χ2n) is 5.32. The van der Waals surface area contributed by atoms with E-state index in [9.17, 15) is 0 Å². The van der Waals surface area contributed by atoms with Crippen LogP contribution in [0.25, 0.3) is 0 Å². The summed E-state index contributed by atoms with van der Waals surface area (Å²) in [5.41, 5.74) is 0.901. The predicted octanol–water partition coefficient (Wildman–Crippen LogP) is 2.39. The quantitative estimate of drug-likeness (QED) is 0.643. The number of rotatable bonds is 5. The number of nitrogens with one attached hydrogen (secondary N) is 2. The van der Waals surface area contributed by atoms with E-state index in [2.05, 4.69) is 33.5 Å². The van der Waals surface area contributed by atoms with Crippen LogP contribution < -0.4 is 15.5 Å². The maximum atomic E-state index is 5.21. The molecule has 1 aliphatic heterocycles. The number of ether oxygens (including phenoxy) is 1.